The van der Waals surface area contributed by atoms with Gasteiger partial charge in [0.1, 0.15) is 21.8 Å². The van der Waals surface area contributed by atoms with Gasteiger partial charge in [0.25, 0.3) is 0 Å². The van der Waals surface area contributed by atoms with Gasteiger partial charge in [-0.25, -0.2) is 9.78 Å². The summed E-state index contributed by atoms with van der Waals surface area (Å²) in [5.41, 5.74) is 5.52. The van der Waals surface area contributed by atoms with Crippen molar-refractivity contribution < 1.29 is 18.5 Å². The third kappa shape index (κ3) is 4.59. The molecule has 5 rings (SSSR count). The van der Waals surface area contributed by atoms with Crippen molar-refractivity contribution in [1.82, 2.24) is 9.29 Å². The molecule has 1 aliphatic heterocycles. The number of para-hydroxylation sites is 1. The van der Waals surface area contributed by atoms with Crippen molar-refractivity contribution in [2.45, 2.75) is 45.5 Å². The summed E-state index contributed by atoms with van der Waals surface area (Å²) >= 11 is -1.19. The van der Waals surface area contributed by atoms with Gasteiger partial charge < -0.3 is 13.7 Å². The van der Waals surface area contributed by atoms with E-state index in [0.717, 1.165) is 39.0 Å². The molecule has 180 valence electrons. The Hall–Kier alpha value is -3.13. The van der Waals surface area contributed by atoms with Crippen molar-refractivity contribution in [2.24, 2.45) is 0 Å². The molecule has 0 bridgehead atoms. The van der Waals surface area contributed by atoms with E-state index in [1.165, 1.54) is 0 Å². The van der Waals surface area contributed by atoms with E-state index in [4.69, 9.17) is 14.1 Å². The third-order valence-corrected chi connectivity index (χ3v) is 7.76. The number of esters is 1. The maximum Gasteiger partial charge on any atom is 0.356 e. The van der Waals surface area contributed by atoms with E-state index in [1.807, 2.05) is 79.7 Å². The van der Waals surface area contributed by atoms with Gasteiger partial charge in [0, 0.05) is 33.4 Å². The highest BCUT2D eigenvalue weighted by Crippen LogP contribution is 2.37. The highest BCUT2D eigenvalue weighted by molar-refractivity contribution is 7.90. The van der Waals surface area contributed by atoms with Crippen molar-refractivity contribution in [3.63, 3.8) is 0 Å². The van der Waals surface area contributed by atoms with Crippen molar-refractivity contribution in [3.8, 4) is 22.6 Å². The fourth-order valence-corrected chi connectivity index (χ4v) is 5.64. The molecule has 0 unspecified atom stereocenters. The van der Waals surface area contributed by atoms with Crippen LogP contribution in [-0.4, -0.2) is 31.2 Å². The van der Waals surface area contributed by atoms with E-state index in [0.29, 0.717) is 18.8 Å². The second kappa shape index (κ2) is 9.15. The van der Waals surface area contributed by atoms with Crippen LogP contribution in [0.1, 0.15) is 49.3 Å². The molecule has 1 atom stereocenters. The van der Waals surface area contributed by atoms with E-state index >= 15 is 0 Å². The van der Waals surface area contributed by atoms with Gasteiger partial charge in [-0.1, -0.05) is 36.4 Å². The zero-order valence-electron chi connectivity index (χ0n) is 20.3. The van der Waals surface area contributed by atoms with Crippen LogP contribution in [0.4, 0.5) is 0 Å². The predicted octanol–water partition coefficient (Wildman–Crippen LogP) is 6.12. The van der Waals surface area contributed by atoms with Gasteiger partial charge in [0.15, 0.2) is 0 Å². The number of carbonyl (C=O) groups is 1. The first kappa shape index (κ1) is 23.6. The van der Waals surface area contributed by atoms with Crippen LogP contribution in [0.2, 0.25) is 0 Å². The predicted molar refractivity (Wildman–Crippen MR) is 138 cm³/mol. The van der Waals surface area contributed by atoms with Gasteiger partial charge >= 0.3 is 5.97 Å². The minimum atomic E-state index is -1.19. The molecule has 0 saturated heterocycles. The summed E-state index contributed by atoms with van der Waals surface area (Å²) in [6.45, 7) is 8.93. The van der Waals surface area contributed by atoms with Gasteiger partial charge in [-0.2, -0.15) is 0 Å². The van der Waals surface area contributed by atoms with Crippen LogP contribution in [0, 0.1) is 0 Å². The summed E-state index contributed by atoms with van der Waals surface area (Å²) in [5.74, 6) is 0.307. The zero-order chi connectivity index (χ0) is 24.7. The molecule has 0 amide bonds. The number of nitrogens with zero attached hydrogens (tertiary/aromatic N) is 2. The molecule has 1 aliphatic rings. The summed E-state index contributed by atoms with van der Waals surface area (Å²) in [6.07, 6.45) is 0. The summed E-state index contributed by atoms with van der Waals surface area (Å²) in [4.78, 5) is 17.4. The summed E-state index contributed by atoms with van der Waals surface area (Å²) in [5, 5.41) is 1.04. The fraction of sp³-hybridized carbons (Fsp3) is 0.286. The molecule has 35 heavy (non-hydrogen) atoms. The summed E-state index contributed by atoms with van der Waals surface area (Å²) < 4.78 is 26.0. The van der Waals surface area contributed by atoms with Crippen LogP contribution < -0.4 is 0 Å². The van der Waals surface area contributed by atoms with Gasteiger partial charge in [0.2, 0.25) is 0 Å². The summed E-state index contributed by atoms with van der Waals surface area (Å²) in [7, 11) is 0. The standard InChI is InChI=1S/C28H28N2O4S/c1-5-33-27(31)23-14-21-16-30(35(32)28(2,3)4)17-22(21)26(29-23)20-11-8-10-18(13-20)25-15-19-9-6-7-12-24(19)34-25/h6-15H,5,16-17H2,1-4H3/t35-/m0/s1. The molecule has 4 aromatic rings. The Kier molecular flexibility index (Phi) is 6.17. The lowest BCUT2D eigenvalue weighted by Gasteiger charge is -2.29. The number of carbonyl (C=O) groups excluding carboxylic acids is 1. The van der Waals surface area contributed by atoms with E-state index < -0.39 is 17.3 Å². The molecular weight excluding hydrogens is 460 g/mol. The first-order valence-corrected chi connectivity index (χ1v) is 12.8. The lowest BCUT2D eigenvalue weighted by atomic mass is 9.99. The second-order valence-corrected chi connectivity index (χ2v) is 11.8. The number of pyridine rings is 1. The Morgan fingerprint density at radius 2 is 1.86 bits per heavy atom. The van der Waals surface area contributed by atoms with Crippen molar-refractivity contribution in [2.75, 3.05) is 6.61 Å². The van der Waals surface area contributed by atoms with E-state index in [1.54, 1.807) is 13.0 Å². The number of ether oxygens (including phenoxy) is 1. The monoisotopic (exact) mass is 488 g/mol. The normalized spacial score (nSPS) is 14.8. The topological polar surface area (TPSA) is 78.6 Å². The molecule has 3 heterocycles. The Balaban J connectivity index is 1.59. The van der Waals surface area contributed by atoms with Crippen molar-refractivity contribution >= 4 is 28.3 Å². The van der Waals surface area contributed by atoms with E-state index in [-0.39, 0.29) is 17.0 Å². The van der Waals surface area contributed by atoms with Gasteiger partial charge in [0.05, 0.1) is 25.4 Å². The van der Waals surface area contributed by atoms with Crippen LogP contribution in [0.3, 0.4) is 0 Å². The minimum absolute atomic E-state index is 0.262. The number of hydrogen-bond acceptors (Lipinski definition) is 6. The maximum atomic E-state index is 13.1. The molecule has 7 heteroatoms. The van der Waals surface area contributed by atoms with Crippen molar-refractivity contribution in [3.05, 3.63) is 77.5 Å². The Bertz CT molecular complexity index is 1370. The molecule has 0 aliphatic carbocycles. The lowest BCUT2D eigenvalue weighted by molar-refractivity contribution is 0.0519. The number of rotatable bonds is 5. The van der Waals surface area contributed by atoms with Gasteiger partial charge in [-0.3, -0.25) is 0 Å². The third-order valence-electron chi connectivity index (χ3n) is 5.99. The van der Waals surface area contributed by atoms with Crippen LogP contribution in [0.25, 0.3) is 33.6 Å². The second-order valence-electron chi connectivity index (χ2n) is 9.60. The smallest absolute Gasteiger partial charge is 0.356 e. The highest BCUT2D eigenvalue weighted by Gasteiger charge is 2.38. The quantitative estimate of drug-likeness (QED) is 0.249. The Morgan fingerprint density at radius 1 is 1.09 bits per heavy atom. The van der Waals surface area contributed by atoms with Crippen LogP contribution in [-0.2, 0) is 29.2 Å². The van der Waals surface area contributed by atoms with Crippen LogP contribution in [0.5, 0.6) is 0 Å². The number of hydrogen-bond donors (Lipinski definition) is 0. The molecule has 2 aromatic heterocycles. The first-order valence-electron chi connectivity index (χ1n) is 11.7. The molecule has 0 saturated carbocycles. The molecule has 0 spiro atoms. The Morgan fingerprint density at radius 3 is 2.60 bits per heavy atom. The number of aromatic nitrogens is 1. The van der Waals surface area contributed by atoms with E-state index in [9.17, 15) is 9.35 Å². The highest BCUT2D eigenvalue weighted by atomic mass is 32.2. The Labute approximate surface area is 208 Å². The largest absolute Gasteiger partial charge is 0.597 e. The number of furan rings is 1. The molecular formula is C28H28N2O4S. The molecule has 6 nitrogen and oxygen atoms in total. The number of fused-ring (bicyclic) bond motifs is 2. The maximum absolute atomic E-state index is 13.1. The average Bonchev–Trinajstić information content (AvgIpc) is 3.47. The fourth-order valence-electron chi connectivity index (χ4n) is 4.36. The zero-order valence-corrected chi connectivity index (χ0v) is 21.1. The van der Waals surface area contributed by atoms with Crippen molar-refractivity contribution in [1.29, 1.82) is 0 Å². The molecule has 0 N–H and O–H groups in total. The van der Waals surface area contributed by atoms with E-state index in [2.05, 4.69) is 0 Å². The van der Waals surface area contributed by atoms with Crippen LogP contribution in [0.15, 0.2) is 65.1 Å². The molecule has 0 fully saturated rings. The number of benzene rings is 2. The first-order chi connectivity index (χ1) is 16.7. The van der Waals surface area contributed by atoms with Crippen LogP contribution >= 0.6 is 0 Å². The molecule has 2 aromatic carbocycles. The minimum Gasteiger partial charge on any atom is -0.597 e. The van der Waals surface area contributed by atoms with Gasteiger partial charge in [-0.15, -0.1) is 4.31 Å². The summed E-state index contributed by atoms with van der Waals surface area (Å²) in [6, 6.07) is 19.7. The van der Waals surface area contributed by atoms with Gasteiger partial charge in [-0.05, 0) is 57.5 Å². The lowest BCUT2D eigenvalue weighted by Crippen LogP contribution is -2.40. The SMILES string of the molecule is CCOC(=O)c1cc2c(c(-c3cccc(-c4cc5ccccc5o4)c3)n1)CN([S@@+]([O-])C(C)(C)C)C2. The molecule has 0 radical (unpaired) electrons. The average molecular weight is 489 g/mol.